The van der Waals surface area contributed by atoms with Crippen molar-refractivity contribution in [1.82, 2.24) is 0 Å². The molecule has 0 unspecified atom stereocenters. The number of aryl methyl sites for hydroxylation is 1. The highest BCUT2D eigenvalue weighted by molar-refractivity contribution is 6.14. The highest BCUT2D eigenvalue weighted by Gasteiger charge is 2.33. The molecule has 0 radical (unpaired) electrons. The minimum atomic E-state index is 0.943. The van der Waals surface area contributed by atoms with Crippen LogP contribution in [-0.2, 0) is 6.42 Å². The van der Waals surface area contributed by atoms with E-state index in [0.29, 0.717) is 0 Å². The number of rotatable bonds is 12. The van der Waals surface area contributed by atoms with Crippen LogP contribution in [0.4, 0.5) is 0 Å². The van der Waals surface area contributed by atoms with E-state index in [4.69, 9.17) is 0 Å². The lowest BCUT2D eigenvalue weighted by atomic mass is 9.80. The Morgan fingerprint density at radius 3 is 1.72 bits per heavy atom. The maximum Gasteiger partial charge on any atom is -0.000764 e. The molecule has 0 aliphatic heterocycles. The molecule has 0 bridgehead atoms. The molecule has 0 heterocycles. The average Bonchev–Trinajstić information content (AvgIpc) is 3.86. The van der Waals surface area contributed by atoms with Gasteiger partial charge in [0.2, 0.25) is 0 Å². The zero-order valence-electron chi connectivity index (χ0n) is 37.1. The van der Waals surface area contributed by atoms with E-state index in [0.717, 1.165) is 61.7 Å². The molecule has 0 saturated carbocycles. The molecule has 7 aromatic rings. The minimum absolute atomic E-state index is 0.943. The van der Waals surface area contributed by atoms with Crippen LogP contribution in [0.5, 0.6) is 0 Å². The van der Waals surface area contributed by atoms with E-state index in [-0.39, 0.29) is 0 Å². The van der Waals surface area contributed by atoms with Crippen molar-refractivity contribution in [3.05, 3.63) is 258 Å². The van der Waals surface area contributed by atoms with Gasteiger partial charge in [0.25, 0.3) is 0 Å². The first-order valence-electron chi connectivity index (χ1n) is 22.2. The van der Waals surface area contributed by atoms with Gasteiger partial charge in [-0.3, -0.25) is 0 Å². The summed E-state index contributed by atoms with van der Waals surface area (Å²) in [6, 6.07) is 48.9. The summed E-state index contributed by atoms with van der Waals surface area (Å²) in [5.41, 5.74) is 26.0. The SMILES string of the molecule is C=C/C=C(\C=C)c1cc(-c2ccc(-c3cc(-c4ccccc4)c4c(c3/C(C=C)=C/C=C)-c3cccc(=C)c3=C4/C=C\C)cc2)c(-c2ccccc2)c2c1/C(=C/C)c1c(CC)cccc1-2. The Kier molecular flexibility index (Phi) is 11.4. The van der Waals surface area contributed by atoms with E-state index in [1.54, 1.807) is 0 Å². The molecule has 0 saturated heterocycles. The molecular formula is C64H52. The predicted octanol–water partition coefficient (Wildman–Crippen LogP) is 16.0. The Morgan fingerprint density at radius 2 is 1.09 bits per heavy atom. The van der Waals surface area contributed by atoms with Crippen LogP contribution in [0.1, 0.15) is 54.2 Å². The van der Waals surface area contributed by atoms with E-state index in [9.17, 15) is 0 Å². The molecule has 0 nitrogen and oxygen atoms in total. The fraction of sp³-hybridized carbons (Fsp3) is 0.0625. The van der Waals surface area contributed by atoms with Gasteiger partial charge in [0, 0.05) is 0 Å². The van der Waals surface area contributed by atoms with Crippen LogP contribution >= 0.6 is 0 Å². The topological polar surface area (TPSA) is 0 Å². The lowest BCUT2D eigenvalue weighted by molar-refractivity contribution is 1.13. The Labute approximate surface area is 379 Å². The Morgan fingerprint density at radius 1 is 0.500 bits per heavy atom. The third-order valence-corrected chi connectivity index (χ3v) is 12.9. The first kappa shape index (κ1) is 41.5. The summed E-state index contributed by atoms with van der Waals surface area (Å²) in [5, 5.41) is 2.17. The van der Waals surface area contributed by atoms with Crippen LogP contribution in [0.2, 0.25) is 0 Å². The standard InChI is InChI=1S/C64H52/c1-9-24-42(12-4)53-39-55(60(48-30-20-17-21-31-48)64-52-34-23-32-44(14-6)58(52)49(15-7)61(53)64)47-37-35-46(36-38-47)54-40-56(45-28-18-16-19-29-45)62-50(26-11-3)57-41(8)27-22-33-51(57)63(62)59(54)43(13-5)25-10-2/h9-13,15-40H,1-2,4-5,8,14H2,3,6-7H3/b26-11-,42-24+,43-25+,49-15+. The smallest absolute Gasteiger partial charge is 0.000764 e. The van der Waals surface area contributed by atoms with Crippen molar-refractivity contribution < 1.29 is 0 Å². The van der Waals surface area contributed by atoms with Crippen molar-refractivity contribution in [1.29, 1.82) is 0 Å². The van der Waals surface area contributed by atoms with Crippen molar-refractivity contribution in [3.8, 4) is 66.8 Å². The van der Waals surface area contributed by atoms with E-state index >= 15 is 0 Å². The molecule has 308 valence electrons. The lowest BCUT2D eigenvalue weighted by Crippen LogP contribution is -2.24. The molecule has 0 heteroatoms. The van der Waals surface area contributed by atoms with Gasteiger partial charge >= 0.3 is 0 Å². The molecule has 2 aliphatic rings. The number of hydrogen-bond acceptors (Lipinski definition) is 0. The molecule has 64 heavy (non-hydrogen) atoms. The van der Waals surface area contributed by atoms with Gasteiger partial charge in [0.1, 0.15) is 0 Å². The summed E-state index contributed by atoms with van der Waals surface area (Å²) in [6.07, 6.45) is 19.4. The normalized spacial score (nSPS) is 13.4. The van der Waals surface area contributed by atoms with Crippen molar-refractivity contribution in [2.45, 2.75) is 27.2 Å². The second kappa shape index (κ2) is 17.5. The maximum atomic E-state index is 4.55. The van der Waals surface area contributed by atoms with Crippen molar-refractivity contribution in [2.24, 2.45) is 0 Å². The van der Waals surface area contributed by atoms with E-state index in [2.05, 4.69) is 218 Å². The number of allylic oxidation sites excluding steroid dienone is 11. The highest BCUT2D eigenvalue weighted by atomic mass is 14.4. The van der Waals surface area contributed by atoms with Gasteiger partial charge in [-0.15, -0.1) is 0 Å². The first-order chi connectivity index (χ1) is 31.4. The maximum absolute atomic E-state index is 4.55. The van der Waals surface area contributed by atoms with Crippen LogP contribution in [0.3, 0.4) is 0 Å². The Bertz CT molecular complexity index is 3300. The second-order valence-corrected chi connectivity index (χ2v) is 16.3. The summed E-state index contributed by atoms with van der Waals surface area (Å²) in [4.78, 5) is 0. The van der Waals surface area contributed by atoms with Crippen LogP contribution in [0.25, 0.3) is 95.6 Å². The fourth-order valence-electron chi connectivity index (χ4n) is 10.2. The molecule has 0 aromatic heterocycles. The van der Waals surface area contributed by atoms with Crippen LogP contribution in [-0.4, -0.2) is 0 Å². The highest BCUT2D eigenvalue weighted by Crippen LogP contribution is 2.56. The summed E-state index contributed by atoms with van der Waals surface area (Å²) >= 11 is 0. The van der Waals surface area contributed by atoms with E-state index in [1.165, 1.54) is 77.6 Å². The molecule has 2 aliphatic carbocycles. The second-order valence-electron chi connectivity index (χ2n) is 16.3. The van der Waals surface area contributed by atoms with Gasteiger partial charge in [0.15, 0.2) is 0 Å². The van der Waals surface area contributed by atoms with Crippen LogP contribution in [0, 0.1) is 0 Å². The molecule has 0 amide bonds. The summed E-state index contributed by atoms with van der Waals surface area (Å²) < 4.78 is 0. The van der Waals surface area contributed by atoms with Gasteiger partial charge in [-0.1, -0.05) is 216 Å². The molecule has 0 atom stereocenters. The fourth-order valence-corrected chi connectivity index (χ4v) is 10.2. The lowest BCUT2D eigenvalue weighted by Gasteiger charge is -2.23. The molecular weight excluding hydrogens is 769 g/mol. The van der Waals surface area contributed by atoms with Gasteiger partial charge in [-0.25, -0.2) is 0 Å². The predicted molar refractivity (Wildman–Crippen MR) is 280 cm³/mol. The summed E-state index contributed by atoms with van der Waals surface area (Å²) in [6.45, 7) is 28.0. The van der Waals surface area contributed by atoms with Crippen molar-refractivity contribution >= 4 is 28.9 Å². The van der Waals surface area contributed by atoms with Crippen molar-refractivity contribution in [2.75, 3.05) is 0 Å². The molecule has 9 rings (SSSR count). The first-order valence-corrected chi connectivity index (χ1v) is 22.2. The molecule has 0 fully saturated rings. The monoisotopic (exact) mass is 820 g/mol. The number of benzene rings is 7. The third-order valence-electron chi connectivity index (χ3n) is 12.9. The quantitative estimate of drug-likeness (QED) is 0.108. The van der Waals surface area contributed by atoms with Gasteiger partial charge in [-0.2, -0.15) is 0 Å². The Hall–Kier alpha value is -7.80. The van der Waals surface area contributed by atoms with E-state index < -0.39 is 0 Å². The number of fused-ring (bicyclic) bond motifs is 6. The summed E-state index contributed by atoms with van der Waals surface area (Å²) in [7, 11) is 0. The minimum Gasteiger partial charge on any atom is -0.0990 e. The van der Waals surface area contributed by atoms with E-state index in [1.807, 2.05) is 24.3 Å². The zero-order valence-corrected chi connectivity index (χ0v) is 37.1. The summed E-state index contributed by atoms with van der Waals surface area (Å²) in [5.74, 6) is 0. The molecule has 0 spiro atoms. The Balaban J connectivity index is 1.36. The largest absolute Gasteiger partial charge is 0.0990 e. The van der Waals surface area contributed by atoms with Gasteiger partial charge in [0.05, 0.1) is 0 Å². The van der Waals surface area contributed by atoms with Crippen LogP contribution in [0.15, 0.2) is 214 Å². The van der Waals surface area contributed by atoms with Gasteiger partial charge < -0.3 is 0 Å². The zero-order chi connectivity index (χ0) is 44.5. The third kappa shape index (κ3) is 6.71. The average molecular weight is 821 g/mol. The van der Waals surface area contributed by atoms with Crippen molar-refractivity contribution in [3.63, 3.8) is 0 Å². The van der Waals surface area contributed by atoms with Gasteiger partial charge in [-0.05, 0) is 165 Å². The number of hydrogen-bond donors (Lipinski definition) is 0. The van der Waals surface area contributed by atoms with Crippen LogP contribution < -0.4 is 10.4 Å². The molecule has 7 aromatic carbocycles. The molecule has 0 N–H and O–H groups in total.